The molecule has 1 spiro atoms. The lowest BCUT2D eigenvalue weighted by molar-refractivity contribution is -0.180. The average Bonchev–Trinajstić information content (AvgIpc) is 3.47. The van der Waals surface area contributed by atoms with Gasteiger partial charge in [0, 0.05) is 36.7 Å². The van der Waals surface area contributed by atoms with E-state index in [1.807, 2.05) is 37.7 Å². The van der Waals surface area contributed by atoms with Gasteiger partial charge in [-0.1, -0.05) is 11.6 Å². The van der Waals surface area contributed by atoms with E-state index in [4.69, 9.17) is 40.2 Å². The van der Waals surface area contributed by atoms with Crippen molar-refractivity contribution in [3.8, 4) is 0 Å². The molecule has 1 aliphatic carbocycles. The Morgan fingerprint density at radius 1 is 1.15 bits per heavy atom. The van der Waals surface area contributed by atoms with Crippen molar-refractivity contribution in [2.45, 2.75) is 135 Å². The molecular formula is C35H53BClN3O7. The fraction of sp³-hybridized carbons (Fsp3) is 0.771. The molecule has 4 heterocycles. The minimum absolute atomic E-state index is 0.0684. The molecule has 1 aromatic heterocycles. The Morgan fingerprint density at radius 2 is 1.87 bits per heavy atom. The second kappa shape index (κ2) is 12.8. The van der Waals surface area contributed by atoms with Crippen LogP contribution in [0.15, 0.2) is 12.3 Å². The summed E-state index contributed by atoms with van der Waals surface area (Å²) < 4.78 is 32.8. The first-order valence-corrected chi connectivity index (χ1v) is 17.8. The number of fused-ring (bicyclic) bond motifs is 1. The third kappa shape index (κ3) is 7.22. The van der Waals surface area contributed by atoms with E-state index in [0.717, 1.165) is 60.6 Å². The zero-order valence-corrected chi connectivity index (χ0v) is 30.1. The predicted molar refractivity (Wildman–Crippen MR) is 182 cm³/mol. The van der Waals surface area contributed by atoms with Gasteiger partial charge in [0.15, 0.2) is 6.23 Å². The van der Waals surface area contributed by atoms with Crippen molar-refractivity contribution < 1.29 is 33.4 Å². The van der Waals surface area contributed by atoms with Crippen molar-refractivity contribution in [2.75, 3.05) is 32.9 Å². The first-order chi connectivity index (χ1) is 22.0. The Kier molecular flexibility index (Phi) is 9.50. The summed E-state index contributed by atoms with van der Waals surface area (Å²) in [5, 5.41) is 17.6. The number of piperidine rings is 1. The van der Waals surface area contributed by atoms with Gasteiger partial charge in [-0.2, -0.15) is 5.10 Å². The van der Waals surface area contributed by atoms with Crippen LogP contribution < -0.4 is 5.46 Å². The molecule has 1 aromatic carbocycles. The summed E-state index contributed by atoms with van der Waals surface area (Å²) in [4.78, 5) is 14.5. The van der Waals surface area contributed by atoms with Crippen LogP contribution in [0.3, 0.4) is 0 Å². The highest BCUT2D eigenvalue weighted by molar-refractivity contribution is 6.66. The first-order valence-electron chi connectivity index (χ1n) is 17.4. The summed E-state index contributed by atoms with van der Waals surface area (Å²) in [5.41, 5.74) is 0.317. The molecule has 3 aliphatic heterocycles. The Morgan fingerprint density at radius 3 is 2.53 bits per heavy atom. The van der Waals surface area contributed by atoms with Gasteiger partial charge in [-0.25, -0.2) is 9.48 Å². The number of halogens is 1. The van der Waals surface area contributed by atoms with Gasteiger partial charge in [0.05, 0.1) is 35.1 Å². The number of hydrogen-bond acceptors (Lipinski definition) is 8. The molecule has 3 saturated heterocycles. The maximum atomic E-state index is 12.7. The van der Waals surface area contributed by atoms with Crippen molar-refractivity contribution in [3.05, 3.63) is 22.8 Å². The summed E-state index contributed by atoms with van der Waals surface area (Å²) in [6, 6.07) is 1.99. The Hall–Kier alpha value is -1.89. The van der Waals surface area contributed by atoms with Crippen LogP contribution in [0.5, 0.6) is 0 Å². The second-order valence-electron chi connectivity index (χ2n) is 16.4. The van der Waals surface area contributed by atoms with Crippen molar-refractivity contribution in [1.29, 1.82) is 0 Å². The van der Waals surface area contributed by atoms with E-state index in [9.17, 15) is 9.90 Å². The fourth-order valence-electron chi connectivity index (χ4n) is 7.89. The zero-order chi connectivity index (χ0) is 33.8. The highest BCUT2D eigenvalue weighted by Gasteiger charge is 2.56. The summed E-state index contributed by atoms with van der Waals surface area (Å²) in [5.74, 6) is 0. The number of aliphatic hydroxyl groups is 1. The van der Waals surface area contributed by atoms with Gasteiger partial charge in [-0.15, -0.1) is 0 Å². The largest absolute Gasteiger partial charge is 0.495 e. The number of carbonyl (C=O) groups excluding carboxylic acids is 1. The number of ether oxygens (including phenoxy) is 3. The Balaban J connectivity index is 1.10. The van der Waals surface area contributed by atoms with E-state index in [1.54, 1.807) is 4.90 Å². The van der Waals surface area contributed by atoms with Crippen LogP contribution >= 0.6 is 11.6 Å². The van der Waals surface area contributed by atoms with Gasteiger partial charge < -0.3 is 33.5 Å². The molecule has 12 heteroatoms. The minimum atomic E-state index is -0.878. The number of carbonyl (C=O) groups is 1. The van der Waals surface area contributed by atoms with E-state index in [2.05, 4.69) is 27.7 Å². The zero-order valence-electron chi connectivity index (χ0n) is 29.3. The smallest absolute Gasteiger partial charge is 0.444 e. The average molecular weight is 674 g/mol. The summed E-state index contributed by atoms with van der Waals surface area (Å²) in [6.07, 6.45) is 9.12. The van der Waals surface area contributed by atoms with Crippen LogP contribution in [0.25, 0.3) is 10.9 Å². The third-order valence-electron chi connectivity index (χ3n) is 10.7. The standard InChI is InChI=1S/C35H53BClN3O7/c1-31(2,3)45-30(41)39-15-11-14-34(22-39)20-35(42,21-34)23-43-16-10-12-24-26(37)18-27-25(19-38-40(27)28-13-8-9-17-44-28)29(24)36-46-32(4,5)33(6,7)47-36/h18-19,28,42H,8-17,20-23H2,1-7H3. The summed E-state index contributed by atoms with van der Waals surface area (Å²) in [6.45, 7) is 16.7. The van der Waals surface area contributed by atoms with Crippen LogP contribution in [-0.4, -0.2) is 88.3 Å². The van der Waals surface area contributed by atoms with Gasteiger partial charge in [-0.05, 0) is 129 Å². The second-order valence-corrected chi connectivity index (χ2v) is 16.8. The van der Waals surface area contributed by atoms with Crippen LogP contribution in [0, 0.1) is 5.41 Å². The van der Waals surface area contributed by atoms with Crippen molar-refractivity contribution in [1.82, 2.24) is 14.7 Å². The number of rotatable bonds is 8. The molecule has 1 saturated carbocycles. The van der Waals surface area contributed by atoms with Crippen molar-refractivity contribution >= 4 is 41.2 Å². The van der Waals surface area contributed by atoms with Crippen LogP contribution in [0.4, 0.5) is 4.79 Å². The van der Waals surface area contributed by atoms with Crippen molar-refractivity contribution in [3.63, 3.8) is 0 Å². The maximum absolute atomic E-state index is 12.7. The summed E-state index contributed by atoms with van der Waals surface area (Å²) >= 11 is 7.05. The molecule has 0 bridgehead atoms. The van der Waals surface area contributed by atoms with Gasteiger partial charge in [0.1, 0.15) is 5.60 Å². The predicted octanol–water partition coefficient (Wildman–Crippen LogP) is 6.18. The lowest BCUT2D eigenvalue weighted by Crippen LogP contribution is -2.61. The van der Waals surface area contributed by atoms with Gasteiger partial charge in [-0.3, -0.25) is 0 Å². The molecule has 4 fully saturated rings. The lowest BCUT2D eigenvalue weighted by Gasteiger charge is -2.56. The first kappa shape index (κ1) is 35.0. The van der Waals surface area contributed by atoms with E-state index in [0.29, 0.717) is 50.4 Å². The molecule has 1 N–H and O–H groups in total. The highest BCUT2D eigenvalue weighted by Crippen LogP contribution is 2.53. The monoisotopic (exact) mass is 673 g/mol. The highest BCUT2D eigenvalue weighted by atomic mass is 35.5. The van der Waals surface area contributed by atoms with Crippen LogP contribution in [-0.2, 0) is 29.9 Å². The Bertz CT molecular complexity index is 1440. The van der Waals surface area contributed by atoms with Gasteiger partial charge in [0.2, 0.25) is 0 Å². The number of nitrogens with zero attached hydrogens (tertiary/aromatic N) is 3. The number of amides is 1. The molecule has 1 amide bonds. The van der Waals surface area contributed by atoms with Gasteiger partial charge >= 0.3 is 13.2 Å². The summed E-state index contributed by atoms with van der Waals surface area (Å²) in [7, 11) is -0.593. The van der Waals surface area contributed by atoms with E-state index in [-0.39, 0.29) is 24.3 Å². The fourth-order valence-corrected chi connectivity index (χ4v) is 8.19. The molecule has 1 unspecified atom stereocenters. The SMILES string of the molecule is CC(C)(C)OC(=O)N1CCCC2(C1)CC(O)(COCCCc1c(Cl)cc3c(cnn3C3CCCCO3)c1B1OC(C)(C)C(C)(C)O1)C2. The quantitative estimate of drug-likeness (QED) is 0.262. The minimum Gasteiger partial charge on any atom is -0.444 e. The molecule has 260 valence electrons. The lowest BCUT2D eigenvalue weighted by atomic mass is 9.56. The van der Waals surface area contributed by atoms with E-state index >= 15 is 0 Å². The molecule has 4 aliphatic rings. The van der Waals surface area contributed by atoms with Crippen LogP contribution in [0.2, 0.25) is 5.02 Å². The third-order valence-corrected chi connectivity index (χ3v) is 11.1. The number of aromatic nitrogens is 2. The van der Waals surface area contributed by atoms with E-state index < -0.39 is 29.5 Å². The molecule has 10 nitrogen and oxygen atoms in total. The number of likely N-dealkylation sites (tertiary alicyclic amines) is 1. The maximum Gasteiger partial charge on any atom is 0.495 e. The molecule has 0 radical (unpaired) electrons. The molecule has 1 atom stereocenters. The number of benzene rings is 1. The normalized spacial score (nSPS) is 29.0. The van der Waals surface area contributed by atoms with Crippen molar-refractivity contribution in [2.24, 2.45) is 5.41 Å². The molecule has 6 rings (SSSR count). The van der Waals surface area contributed by atoms with Gasteiger partial charge in [0.25, 0.3) is 0 Å². The Labute approximate surface area is 284 Å². The van der Waals surface area contributed by atoms with Crippen LogP contribution in [0.1, 0.15) is 112 Å². The number of hydrogen-bond donors (Lipinski definition) is 1. The van der Waals surface area contributed by atoms with E-state index in [1.165, 1.54) is 0 Å². The topological polar surface area (TPSA) is 105 Å². The molecular weight excluding hydrogens is 621 g/mol. The molecule has 47 heavy (non-hydrogen) atoms. The molecule has 2 aromatic rings.